The van der Waals surface area contributed by atoms with Gasteiger partial charge in [-0.1, -0.05) is 39.3 Å². The minimum absolute atomic E-state index is 0. The van der Waals surface area contributed by atoms with Crippen molar-refractivity contribution in [1.82, 2.24) is 4.98 Å². The van der Waals surface area contributed by atoms with Gasteiger partial charge in [-0.05, 0) is 52.8 Å². The summed E-state index contributed by atoms with van der Waals surface area (Å²) >= 11 is 0. The maximum Gasteiger partial charge on any atom is 0.158 e. The summed E-state index contributed by atoms with van der Waals surface area (Å²) in [5.74, 6) is 0.0301. The molecule has 1 aromatic heterocycles. The molecular weight excluding hydrogens is 526 g/mol. The number of aryl methyl sites for hydroxylation is 3. The van der Waals surface area contributed by atoms with Crippen molar-refractivity contribution in [1.29, 1.82) is 0 Å². The number of aliphatic hydroxyl groups is 1. The number of aliphatic hydroxyl groups excluding tert-OH is 1. The van der Waals surface area contributed by atoms with Gasteiger partial charge in [0, 0.05) is 31.4 Å². The Kier molecular flexibility index (Phi) is 10.0. The van der Waals surface area contributed by atoms with E-state index in [0.717, 1.165) is 17.0 Å². The topological polar surface area (TPSA) is 50.2 Å². The fraction of sp³-hybridized carbons (Fsp3) is 0.417. The van der Waals surface area contributed by atoms with Crippen LogP contribution in [-0.2, 0) is 24.9 Å². The van der Waals surface area contributed by atoms with E-state index in [1.807, 2.05) is 0 Å². The summed E-state index contributed by atoms with van der Waals surface area (Å²) < 4.78 is 0. The van der Waals surface area contributed by atoms with Crippen LogP contribution in [0.3, 0.4) is 0 Å². The summed E-state index contributed by atoms with van der Waals surface area (Å²) in [6, 6.07) is 5.69. The van der Waals surface area contributed by atoms with Crippen molar-refractivity contribution in [3.05, 3.63) is 62.5 Å². The fourth-order valence-corrected chi connectivity index (χ4v) is 2.66. The molecule has 28 heavy (non-hydrogen) atoms. The molecule has 0 atom stereocenters. The minimum atomic E-state index is -0.0787. The molecule has 4 heteroatoms. The van der Waals surface area contributed by atoms with E-state index in [2.05, 4.69) is 60.6 Å². The third-order valence-electron chi connectivity index (χ3n) is 5.48. The number of rotatable bonds is 2. The molecule has 1 aromatic carbocycles. The van der Waals surface area contributed by atoms with E-state index in [9.17, 15) is 4.79 Å². The zero-order chi connectivity index (χ0) is 21.0. The number of Topliss-reactive ketones (excluding diaryl/α,β-unsaturated/α-hetero) is 1. The normalized spacial score (nSPS) is 11.1. The van der Waals surface area contributed by atoms with Crippen LogP contribution in [0.1, 0.15) is 59.8 Å². The number of allylic oxidation sites excluding steroid dienone is 2. The third kappa shape index (κ3) is 6.12. The van der Waals surface area contributed by atoms with E-state index >= 15 is 0 Å². The van der Waals surface area contributed by atoms with Gasteiger partial charge in [0.25, 0.3) is 0 Å². The van der Waals surface area contributed by atoms with Crippen LogP contribution in [-0.4, -0.2) is 15.9 Å². The summed E-state index contributed by atoms with van der Waals surface area (Å²) in [6.45, 7) is 19.5. The number of hydrogen-bond donors (Lipinski definition) is 1. The molecule has 1 N–H and O–H groups in total. The Balaban J connectivity index is 0.000000694. The standard InChI is InChI=1S/C18H22N.C6H10O2.Ir/c1-10-8-17(15(6)14(5)12(10)3)18-9-11(2)13(4)16(7)19-18;1-4(5(2)7)6(3)8;/h9H,1-7H3;7H,1-3H3;/q-1;;/b;5-4-;. The maximum absolute atomic E-state index is 10.4. The van der Waals surface area contributed by atoms with E-state index < -0.39 is 0 Å². The second kappa shape index (κ2) is 10.7. The van der Waals surface area contributed by atoms with Crippen molar-refractivity contribution in [2.24, 2.45) is 0 Å². The van der Waals surface area contributed by atoms with Crippen molar-refractivity contribution < 1.29 is 30.0 Å². The molecule has 0 aliphatic carbocycles. The molecule has 2 rings (SSSR count). The molecule has 0 fully saturated rings. The van der Waals surface area contributed by atoms with E-state index in [-0.39, 0.29) is 31.6 Å². The molecule has 2 aromatic rings. The van der Waals surface area contributed by atoms with Gasteiger partial charge < -0.3 is 10.1 Å². The molecule has 0 saturated carbocycles. The average molecular weight is 559 g/mol. The molecule has 0 aliphatic rings. The van der Waals surface area contributed by atoms with Crippen molar-refractivity contribution in [2.45, 2.75) is 69.2 Å². The van der Waals surface area contributed by atoms with Gasteiger partial charge in [0.15, 0.2) is 5.78 Å². The first-order chi connectivity index (χ1) is 12.4. The van der Waals surface area contributed by atoms with Crippen molar-refractivity contribution in [2.75, 3.05) is 0 Å². The number of nitrogens with zero attached hydrogens (tertiary/aromatic N) is 1. The number of pyridine rings is 1. The predicted octanol–water partition coefficient (Wildman–Crippen LogP) is 6.13. The fourth-order valence-electron chi connectivity index (χ4n) is 2.66. The van der Waals surface area contributed by atoms with Crippen LogP contribution in [0.15, 0.2) is 17.4 Å². The van der Waals surface area contributed by atoms with Gasteiger partial charge in [-0.15, -0.1) is 33.9 Å². The van der Waals surface area contributed by atoms with E-state index in [4.69, 9.17) is 10.1 Å². The Bertz CT molecular complexity index is 884. The second-order valence-electron chi connectivity index (χ2n) is 7.30. The van der Waals surface area contributed by atoms with E-state index in [0.29, 0.717) is 5.57 Å². The first-order valence-electron chi connectivity index (χ1n) is 9.20. The predicted molar refractivity (Wildman–Crippen MR) is 113 cm³/mol. The SMILES string of the molecule is CC(=O)/C(C)=C(/C)O.Cc1[c-]c(-c2cc(C)c(C)c(C)n2)c(C)c(C)c1C.[Ir]. The number of carbonyl (C=O) groups is 1. The Morgan fingerprint density at radius 3 is 1.82 bits per heavy atom. The number of benzene rings is 1. The monoisotopic (exact) mass is 559 g/mol. The van der Waals surface area contributed by atoms with Crippen LogP contribution in [0.4, 0.5) is 0 Å². The Morgan fingerprint density at radius 1 is 0.893 bits per heavy atom. The molecule has 0 unspecified atom stereocenters. The number of aromatic nitrogens is 1. The third-order valence-corrected chi connectivity index (χ3v) is 5.48. The van der Waals surface area contributed by atoms with Crippen LogP contribution in [0.25, 0.3) is 11.3 Å². The molecule has 0 saturated heterocycles. The zero-order valence-corrected chi connectivity index (χ0v) is 21.1. The summed E-state index contributed by atoms with van der Waals surface area (Å²) in [5, 5.41) is 8.65. The molecule has 0 aliphatic heterocycles. The van der Waals surface area contributed by atoms with Crippen LogP contribution >= 0.6 is 0 Å². The number of hydrogen-bond acceptors (Lipinski definition) is 3. The Morgan fingerprint density at radius 2 is 1.43 bits per heavy atom. The molecule has 155 valence electrons. The number of ketones is 1. The average Bonchev–Trinajstić information content (AvgIpc) is 2.60. The van der Waals surface area contributed by atoms with Gasteiger partial charge in [-0.25, -0.2) is 0 Å². The van der Waals surface area contributed by atoms with Gasteiger partial charge in [0.05, 0.1) is 5.76 Å². The molecule has 3 nitrogen and oxygen atoms in total. The van der Waals surface area contributed by atoms with Gasteiger partial charge in [0.1, 0.15) is 0 Å². The van der Waals surface area contributed by atoms with Crippen LogP contribution in [0, 0.1) is 54.5 Å². The zero-order valence-electron chi connectivity index (χ0n) is 18.7. The van der Waals surface area contributed by atoms with Gasteiger partial charge in [0.2, 0.25) is 0 Å². The molecular formula is C24H32IrNO2-. The first-order valence-corrected chi connectivity index (χ1v) is 9.20. The largest absolute Gasteiger partial charge is 0.512 e. The Hall–Kier alpha value is -1.77. The van der Waals surface area contributed by atoms with Crippen LogP contribution < -0.4 is 0 Å². The van der Waals surface area contributed by atoms with Crippen molar-refractivity contribution in [3.63, 3.8) is 0 Å². The maximum atomic E-state index is 10.4. The summed E-state index contributed by atoms with van der Waals surface area (Å²) in [4.78, 5) is 15.1. The minimum Gasteiger partial charge on any atom is -0.512 e. The van der Waals surface area contributed by atoms with Gasteiger partial charge in [-0.3, -0.25) is 4.79 Å². The summed E-state index contributed by atoms with van der Waals surface area (Å²) in [7, 11) is 0. The second-order valence-corrected chi connectivity index (χ2v) is 7.30. The van der Waals surface area contributed by atoms with E-state index in [1.165, 1.54) is 47.2 Å². The molecule has 0 amide bonds. The van der Waals surface area contributed by atoms with Gasteiger partial charge >= 0.3 is 0 Å². The summed E-state index contributed by atoms with van der Waals surface area (Å²) in [6.07, 6.45) is 0. The quantitative estimate of drug-likeness (QED) is 0.274. The molecule has 1 radical (unpaired) electrons. The van der Waals surface area contributed by atoms with Gasteiger partial charge in [-0.2, -0.15) is 0 Å². The Labute approximate surface area is 183 Å². The smallest absolute Gasteiger partial charge is 0.158 e. The van der Waals surface area contributed by atoms with Crippen LogP contribution in [0.5, 0.6) is 0 Å². The first kappa shape index (κ1) is 26.2. The van der Waals surface area contributed by atoms with Crippen molar-refractivity contribution >= 4 is 5.78 Å². The number of carbonyl (C=O) groups excluding carboxylic acids is 1. The molecule has 0 spiro atoms. The van der Waals surface area contributed by atoms with Crippen molar-refractivity contribution in [3.8, 4) is 11.3 Å². The van der Waals surface area contributed by atoms with Crippen LogP contribution in [0.2, 0.25) is 0 Å². The summed E-state index contributed by atoms with van der Waals surface area (Å²) in [5.41, 5.74) is 11.5. The van der Waals surface area contributed by atoms with E-state index in [1.54, 1.807) is 6.92 Å². The molecule has 0 bridgehead atoms. The molecule has 1 heterocycles.